The van der Waals surface area contributed by atoms with Gasteiger partial charge in [0.2, 0.25) is 5.91 Å². The van der Waals surface area contributed by atoms with Crippen LogP contribution in [0.15, 0.2) is 18.7 Å². The number of hydrogen-bond acceptors (Lipinski definition) is 4. The molecular weight excluding hydrogens is 234 g/mol. The van der Waals surface area contributed by atoms with Crippen LogP contribution in [-0.4, -0.2) is 59.9 Å². The summed E-state index contributed by atoms with van der Waals surface area (Å²) in [6.45, 7) is 2.92. The molecule has 0 bridgehead atoms. The van der Waals surface area contributed by atoms with Crippen LogP contribution in [-0.2, 0) is 20.8 Å². The molecule has 6 heteroatoms. The van der Waals surface area contributed by atoms with E-state index in [9.17, 15) is 4.79 Å². The minimum Gasteiger partial charge on any atom is -0.385 e. The third-order valence-corrected chi connectivity index (χ3v) is 3.01. The Labute approximate surface area is 106 Å². The van der Waals surface area contributed by atoms with Crippen LogP contribution in [0.4, 0.5) is 0 Å². The number of amides is 1. The van der Waals surface area contributed by atoms with Crippen molar-refractivity contribution < 1.29 is 14.3 Å². The lowest BCUT2D eigenvalue weighted by Crippen LogP contribution is -2.47. The maximum absolute atomic E-state index is 12.1. The van der Waals surface area contributed by atoms with Crippen LogP contribution >= 0.6 is 0 Å². The van der Waals surface area contributed by atoms with Gasteiger partial charge in [-0.1, -0.05) is 0 Å². The van der Waals surface area contributed by atoms with Crippen molar-refractivity contribution in [3.05, 3.63) is 18.7 Å². The van der Waals surface area contributed by atoms with E-state index in [4.69, 9.17) is 9.47 Å². The highest BCUT2D eigenvalue weighted by Gasteiger charge is 2.23. The molecule has 1 aliphatic rings. The summed E-state index contributed by atoms with van der Waals surface area (Å²) in [6, 6.07) is 0. The van der Waals surface area contributed by atoms with E-state index >= 15 is 0 Å². The number of aromatic nitrogens is 2. The summed E-state index contributed by atoms with van der Waals surface area (Å²) in [7, 11) is 1.67. The molecule has 0 N–H and O–H groups in total. The molecule has 1 aromatic rings. The van der Waals surface area contributed by atoms with Crippen molar-refractivity contribution in [2.24, 2.45) is 0 Å². The van der Waals surface area contributed by atoms with Crippen LogP contribution in [0.1, 0.15) is 6.42 Å². The van der Waals surface area contributed by atoms with Gasteiger partial charge < -0.3 is 18.9 Å². The molecule has 1 atom stereocenters. The zero-order chi connectivity index (χ0) is 12.8. The van der Waals surface area contributed by atoms with Crippen molar-refractivity contribution in [2.45, 2.75) is 19.1 Å². The van der Waals surface area contributed by atoms with Gasteiger partial charge in [0.1, 0.15) is 6.54 Å². The Kier molecular flexibility index (Phi) is 4.72. The molecule has 1 fully saturated rings. The van der Waals surface area contributed by atoms with E-state index in [2.05, 4.69) is 4.98 Å². The van der Waals surface area contributed by atoms with Crippen molar-refractivity contribution in [1.29, 1.82) is 0 Å². The van der Waals surface area contributed by atoms with Gasteiger partial charge in [-0.2, -0.15) is 0 Å². The lowest BCUT2D eigenvalue weighted by Gasteiger charge is -2.33. The second-order valence-electron chi connectivity index (χ2n) is 4.35. The quantitative estimate of drug-likeness (QED) is 0.749. The number of hydrogen-bond donors (Lipinski definition) is 0. The predicted octanol–water partition coefficient (Wildman–Crippen LogP) is 0.147. The molecule has 18 heavy (non-hydrogen) atoms. The Morgan fingerprint density at radius 2 is 2.50 bits per heavy atom. The van der Waals surface area contributed by atoms with E-state index < -0.39 is 0 Å². The molecule has 0 saturated carbocycles. The predicted molar refractivity (Wildman–Crippen MR) is 65.0 cm³/mol. The lowest BCUT2D eigenvalue weighted by atomic mass is 10.2. The smallest absolute Gasteiger partial charge is 0.242 e. The Balaban J connectivity index is 1.82. The van der Waals surface area contributed by atoms with Crippen LogP contribution in [0.2, 0.25) is 0 Å². The number of ether oxygens (including phenoxy) is 2. The Hall–Kier alpha value is -1.40. The maximum Gasteiger partial charge on any atom is 0.242 e. The summed E-state index contributed by atoms with van der Waals surface area (Å²) in [4.78, 5) is 17.9. The van der Waals surface area contributed by atoms with Gasteiger partial charge >= 0.3 is 0 Å². The van der Waals surface area contributed by atoms with E-state index in [0.717, 1.165) is 6.42 Å². The molecule has 1 amide bonds. The third-order valence-electron chi connectivity index (χ3n) is 3.01. The van der Waals surface area contributed by atoms with Crippen molar-refractivity contribution in [2.75, 3.05) is 33.4 Å². The molecule has 2 heterocycles. The highest BCUT2D eigenvalue weighted by atomic mass is 16.5. The lowest BCUT2D eigenvalue weighted by molar-refractivity contribution is -0.140. The molecule has 0 spiro atoms. The first-order valence-electron chi connectivity index (χ1n) is 6.13. The van der Waals surface area contributed by atoms with E-state index in [1.54, 1.807) is 30.4 Å². The highest BCUT2D eigenvalue weighted by Crippen LogP contribution is 2.09. The monoisotopic (exact) mass is 253 g/mol. The number of nitrogens with zero attached hydrogens (tertiary/aromatic N) is 3. The molecule has 1 aliphatic heterocycles. The van der Waals surface area contributed by atoms with E-state index in [1.165, 1.54) is 0 Å². The fraction of sp³-hybridized carbons (Fsp3) is 0.667. The first kappa shape index (κ1) is 13.0. The molecule has 100 valence electrons. The summed E-state index contributed by atoms with van der Waals surface area (Å²) in [5.74, 6) is 0.110. The van der Waals surface area contributed by atoms with Gasteiger partial charge in [-0.05, 0) is 6.42 Å². The van der Waals surface area contributed by atoms with Gasteiger partial charge in [0.05, 0.1) is 19.0 Å². The Morgan fingerprint density at radius 1 is 1.61 bits per heavy atom. The van der Waals surface area contributed by atoms with Gasteiger partial charge in [0, 0.05) is 39.2 Å². The van der Waals surface area contributed by atoms with Crippen LogP contribution in [0, 0.1) is 0 Å². The second-order valence-corrected chi connectivity index (χ2v) is 4.35. The zero-order valence-electron chi connectivity index (χ0n) is 10.6. The molecule has 6 nitrogen and oxygen atoms in total. The number of rotatable bonds is 5. The molecule has 0 aromatic carbocycles. The third kappa shape index (κ3) is 3.54. The molecule has 1 unspecified atom stereocenters. The maximum atomic E-state index is 12.1. The molecule has 2 rings (SSSR count). The number of morpholine rings is 1. The summed E-state index contributed by atoms with van der Waals surface area (Å²) in [5.41, 5.74) is 0. The van der Waals surface area contributed by atoms with Crippen molar-refractivity contribution in [3.63, 3.8) is 0 Å². The highest BCUT2D eigenvalue weighted by molar-refractivity contribution is 5.76. The Morgan fingerprint density at radius 3 is 3.22 bits per heavy atom. The fourth-order valence-corrected chi connectivity index (χ4v) is 2.01. The van der Waals surface area contributed by atoms with Crippen molar-refractivity contribution >= 4 is 5.91 Å². The SMILES string of the molecule is COCCC1CN(C(=O)Cn2ccnc2)CCO1. The summed E-state index contributed by atoms with van der Waals surface area (Å²) < 4.78 is 12.4. The second kappa shape index (κ2) is 6.51. The molecule has 1 saturated heterocycles. The van der Waals surface area contributed by atoms with Crippen LogP contribution in [0.5, 0.6) is 0 Å². The standard InChI is InChI=1S/C12H19N3O3/c1-17-6-2-11-8-15(5-7-18-11)12(16)9-14-4-3-13-10-14/h3-4,10-11H,2,5-9H2,1H3. The molecular formula is C12H19N3O3. The largest absolute Gasteiger partial charge is 0.385 e. The summed E-state index contributed by atoms with van der Waals surface area (Å²) >= 11 is 0. The number of methoxy groups -OCH3 is 1. The van der Waals surface area contributed by atoms with Gasteiger partial charge in [-0.15, -0.1) is 0 Å². The van der Waals surface area contributed by atoms with Gasteiger partial charge in [0.25, 0.3) is 0 Å². The first-order chi connectivity index (χ1) is 8.79. The number of imidazole rings is 1. The Bertz CT molecular complexity index is 367. The molecule has 0 radical (unpaired) electrons. The van der Waals surface area contributed by atoms with Gasteiger partial charge in [-0.25, -0.2) is 4.98 Å². The van der Waals surface area contributed by atoms with Crippen molar-refractivity contribution in [1.82, 2.24) is 14.5 Å². The van der Waals surface area contributed by atoms with Gasteiger partial charge in [-0.3, -0.25) is 4.79 Å². The minimum atomic E-state index is 0.0884. The summed E-state index contributed by atoms with van der Waals surface area (Å²) in [5, 5.41) is 0. The molecule has 1 aromatic heterocycles. The zero-order valence-corrected chi connectivity index (χ0v) is 10.6. The van der Waals surface area contributed by atoms with E-state index in [0.29, 0.717) is 32.8 Å². The topological polar surface area (TPSA) is 56.6 Å². The average Bonchev–Trinajstić information content (AvgIpc) is 2.89. The molecule has 0 aliphatic carbocycles. The van der Waals surface area contributed by atoms with Crippen LogP contribution < -0.4 is 0 Å². The van der Waals surface area contributed by atoms with E-state index in [1.807, 2.05) is 4.90 Å². The van der Waals surface area contributed by atoms with E-state index in [-0.39, 0.29) is 12.0 Å². The van der Waals surface area contributed by atoms with Crippen molar-refractivity contribution in [3.8, 4) is 0 Å². The number of carbonyl (C=O) groups is 1. The minimum absolute atomic E-state index is 0.0884. The first-order valence-corrected chi connectivity index (χ1v) is 6.13. The average molecular weight is 253 g/mol. The van der Waals surface area contributed by atoms with Crippen LogP contribution in [0.25, 0.3) is 0 Å². The fourth-order valence-electron chi connectivity index (χ4n) is 2.01. The van der Waals surface area contributed by atoms with Crippen LogP contribution in [0.3, 0.4) is 0 Å². The van der Waals surface area contributed by atoms with Gasteiger partial charge in [0.15, 0.2) is 0 Å². The number of carbonyl (C=O) groups excluding carboxylic acids is 1. The summed E-state index contributed by atoms with van der Waals surface area (Å²) in [6.07, 6.45) is 6.03. The normalized spacial score (nSPS) is 20.1.